The molecule has 0 aliphatic rings. The number of rotatable bonds is 7. The molecule has 0 saturated carbocycles. The van der Waals surface area contributed by atoms with Gasteiger partial charge in [-0.3, -0.25) is 9.59 Å². The summed E-state index contributed by atoms with van der Waals surface area (Å²) in [6, 6.07) is 5.88. The van der Waals surface area contributed by atoms with Gasteiger partial charge >= 0.3 is 6.18 Å². The van der Waals surface area contributed by atoms with Crippen LogP contribution >= 0.6 is 0 Å². The van der Waals surface area contributed by atoms with E-state index in [0.717, 1.165) is 5.56 Å². The Morgan fingerprint density at radius 2 is 1.72 bits per heavy atom. The van der Waals surface area contributed by atoms with Gasteiger partial charge in [0.15, 0.2) is 6.10 Å². The minimum Gasteiger partial charge on any atom is -0.384 e. The number of hydrogen-bond donors (Lipinski definition) is 3. The molecule has 1 aromatic carbocycles. The number of benzene rings is 1. The predicted octanol–water partition coefficient (Wildman–Crippen LogP) is 2.18. The van der Waals surface area contributed by atoms with E-state index in [1.54, 1.807) is 38.1 Å². The number of aliphatic hydroxyl groups is 1. The molecule has 1 aromatic rings. The average molecular weight is 360 g/mol. The molecule has 0 saturated heterocycles. The van der Waals surface area contributed by atoms with Gasteiger partial charge in [0.2, 0.25) is 5.91 Å². The molecular weight excluding hydrogens is 337 g/mol. The van der Waals surface area contributed by atoms with E-state index >= 15 is 0 Å². The molecule has 2 amide bonds. The Bertz CT molecular complexity index is 586. The molecule has 2 atom stereocenters. The molecule has 25 heavy (non-hydrogen) atoms. The molecule has 0 bridgehead atoms. The summed E-state index contributed by atoms with van der Waals surface area (Å²) >= 11 is 0. The van der Waals surface area contributed by atoms with Crippen molar-refractivity contribution in [3.8, 4) is 0 Å². The van der Waals surface area contributed by atoms with Gasteiger partial charge in [0.1, 0.15) is 6.04 Å². The smallest absolute Gasteiger partial charge is 0.384 e. The van der Waals surface area contributed by atoms with Crippen LogP contribution in [0.15, 0.2) is 24.3 Å². The number of amides is 2. The lowest BCUT2D eigenvalue weighted by Gasteiger charge is -2.22. The van der Waals surface area contributed by atoms with Gasteiger partial charge in [-0.15, -0.1) is 0 Å². The minimum atomic E-state index is -4.72. The van der Waals surface area contributed by atoms with Crippen molar-refractivity contribution in [2.24, 2.45) is 5.92 Å². The Labute approximate surface area is 144 Å². The zero-order valence-corrected chi connectivity index (χ0v) is 14.4. The van der Waals surface area contributed by atoms with Crippen molar-refractivity contribution in [1.29, 1.82) is 0 Å². The third kappa shape index (κ3) is 6.74. The summed E-state index contributed by atoms with van der Waals surface area (Å²) in [5.74, 6) is -1.30. The molecular formula is C17H23F3N2O3. The van der Waals surface area contributed by atoms with Crippen LogP contribution in [0.1, 0.15) is 36.2 Å². The Hall–Kier alpha value is -2.09. The zero-order chi connectivity index (χ0) is 19.2. The molecule has 0 aliphatic heterocycles. The van der Waals surface area contributed by atoms with E-state index in [0.29, 0.717) is 5.56 Å². The number of nitrogens with one attached hydrogen (secondary N) is 2. The maximum absolute atomic E-state index is 12.2. The summed E-state index contributed by atoms with van der Waals surface area (Å²) in [7, 11) is 0. The van der Waals surface area contributed by atoms with Gasteiger partial charge < -0.3 is 15.7 Å². The topological polar surface area (TPSA) is 78.4 Å². The molecule has 140 valence electrons. The summed E-state index contributed by atoms with van der Waals surface area (Å²) in [5.41, 5.74) is 1.37. The Balaban J connectivity index is 2.62. The summed E-state index contributed by atoms with van der Waals surface area (Å²) < 4.78 is 36.7. The fourth-order valence-electron chi connectivity index (χ4n) is 2.07. The normalized spacial score (nSPS) is 14.1. The number of halogens is 3. The fraction of sp³-hybridized carbons (Fsp3) is 0.529. The quantitative estimate of drug-likeness (QED) is 0.697. The first-order valence-corrected chi connectivity index (χ1v) is 7.92. The predicted molar refractivity (Wildman–Crippen MR) is 87.0 cm³/mol. The lowest BCUT2D eigenvalue weighted by Crippen LogP contribution is -2.50. The molecule has 0 spiro atoms. The van der Waals surface area contributed by atoms with Crippen LogP contribution in [0.2, 0.25) is 0 Å². The van der Waals surface area contributed by atoms with E-state index in [1.165, 1.54) is 0 Å². The molecule has 5 nitrogen and oxygen atoms in total. The van der Waals surface area contributed by atoms with E-state index in [1.807, 2.05) is 6.92 Å². The van der Waals surface area contributed by atoms with E-state index in [9.17, 15) is 22.8 Å². The first-order chi connectivity index (χ1) is 11.5. The van der Waals surface area contributed by atoms with E-state index in [-0.39, 0.29) is 12.5 Å². The number of carbonyl (C=O) groups excluding carboxylic acids is 2. The van der Waals surface area contributed by atoms with Crippen molar-refractivity contribution in [3.05, 3.63) is 35.4 Å². The van der Waals surface area contributed by atoms with Crippen LogP contribution in [0.3, 0.4) is 0 Å². The highest BCUT2D eigenvalue weighted by Gasteiger charge is 2.37. The second kappa shape index (κ2) is 8.84. The van der Waals surface area contributed by atoms with Crippen molar-refractivity contribution in [2.75, 3.05) is 6.54 Å². The fourth-order valence-corrected chi connectivity index (χ4v) is 2.07. The Morgan fingerprint density at radius 1 is 1.16 bits per heavy atom. The van der Waals surface area contributed by atoms with E-state index in [4.69, 9.17) is 5.11 Å². The number of aliphatic hydroxyl groups excluding tert-OH is 1. The average Bonchev–Trinajstić information content (AvgIpc) is 2.51. The van der Waals surface area contributed by atoms with E-state index < -0.39 is 36.6 Å². The van der Waals surface area contributed by atoms with E-state index in [2.05, 4.69) is 10.6 Å². The van der Waals surface area contributed by atoms with Crippen molar-refractivity contribution in [1.82, 2.24) is 10.6 Å². The highest BCUT2D eigenvalue weighted by Crippen LogP contribution is 2.21. The van der Waals surface area contributed by atoms with Gasteiger partial charge in [0.25, 0.3) is 5.91 Å². The van der Waals surface area contributed by atoms with Crippen molar-refractivity contribution in [2.45, 2.75) is 45.5 Å². The number of alkyl halides is 3. The zero-order valence-electron chi connectivity index (χ0n) is 14.4. The molecule has 0 aromatic heterocycles. The third-order valence-electron chi connectivity index (χ3n) is 3.64. The van der Waals surface area contributed by atoms with Gasteiger partial charge in [0.05, 0.1) is 0 Å². The second-order valence-electron chi connectivity index (χ2n) is 6.20. The molecule has 0 aliphatic carbocycles. The number of carbonyl (C=O) groups is 2. The van der Waals surface area contributed by atoms with Crippen LogP contribution in [0.5, 0.6) is 0 Å². The molecule has 3 N–H and O–H groups in total. The van der Waals surface area contributed by atoms with Crippen molar-refractivity contribution >= 4 is 11.8 Å². The van der Waals surface area contributed by atoms with Crippen LogP contribution in [-0.2, 0) is 4.79 Å². The third-order valence-corrected chi connectivity index (χ3v) is 3.64. The maximum Gasteiger partial charge on any atom is 0.414 e. The van der Waals surface area contributed by atoms with Crippen LogP contribution in [0, 0.1) is 12.8 Å². The molecule has 0 radical (unpaired) electrons. The molecule has 0 fully saturated rings. The van der Waals surface area contributed by atoms with Crippen molar-refractivity contribution in [3.63, 3.8) is 0 Å². The van der Waals surface area contributed by atoms with Gasteiger partial charge in [0, 0.05) is 12.1 Å². The van der Waals surface area contributed by atoms with Gasteiger partial charge in [-0.25, -0.2) is 0 Å². The SMILES string of the molecule is Cc1ccc(C(=O)N[C@@H](C(=O)NCC[C@H](O)C(F)(F)F)C(C)C)cc1. The van der Waals surface area contributed by atoms with Gasteiger partial charge in [-0.1, -0.05) is 31.5 Å². The number of hydrogen-bond acceptors (Lipinski definition) is 3. The highest BCUT2D eigenvalue weighted by atomic mass is 19.4. The lowest BCUT2D eigenvalue weighted by molar-refractivity contribution is -0.205. The monoisotopic (exact) mass is 360 g/mol. The standard InChI is InChI=1S/C17H23F3N2O3/c1-10(2)14(16(25)21-9-8-13(23)17(18,19)20)22-15(24)12-6-4-11(3)5-7-12/h4-7,10,13-14,23H,8-9H2,1-3H3,(H,21,25)(H,22,24)/t13-,14+/m0/s1. The molecule has 0 heterocycles. The maximum atomic E-state index is 12.2. The highest BCUT2D eigenvalue weighted by molar-refractivity contribution is 5.97. The minimum absolute atomic E-state index is 0.262. The van der Waals surface area contributed by atoms with Gasteiger partial charge in [-0.05, 0) is 31.4 Å². The first-order valence-electron chi connectivity index (χ1n) is 7.92. The summed E-state index contributed by atoms with van der Waals surface area (Å²) in [5, 5.41) is 13.8. The van der Waals surface area contributed by atoms with Crippen LogP contribution < -0.4 is 10.6 Å². The Morgan fingerprint density at radius 3 is 2.20 bits per heavy atom. The summed E-state index contributed by atoms with van der Waals surface area (Å²) in [4.78, 5) is 24.4. The van der Waals surface area contributed by atoms with Crippen LogP contribution in [0.4, 0.5) is 13.2 Å². The molecule has 1 rings (SSSR count). The molecule has 0 unspecified atom stereocenters. The lowest BCUT2D eigenvalue weighted by atomic mass is 10.0. The largest absolute Gasteiger partial charge is 0.414 e. The number of aryl methyl sites for hydroxylation is 1. The van der Waals surface area contributed by atoms with Gasteiger partial charge in [-0.2, -0.15) is 13.2 Å². The second-order valence-corrected chi connectivity index (χ2v) is 6.20. The summed E-state index contributed by atoms with van der Waals surface area (Å²) in [6.45, 7) is 4.96. The van der Waals surface area contributed by atoms with Crippen LogP contribution in [0.25, 0.3) is 0 Å². The molecule has 8 heteroatoms. The van der Waals surface area contributed by atoms with Crippen LogP contribution in [-0.4, -0.2) is 41.8 Å². The van der Waals surface area contributed by atoms with Crippen molar-refractivity contribution < 1.29 is 27.9 Å². The first kappa shape index (κ1) is 21.0. The summed E-state index contributed by atoms with van der Waals surface area (Å²) in [6.07, 6.45) is -7.86. The Kier molecular flexibility index (Phi) is 7.41.